The van der Waals surface area contributed by atoms with E-state index in [1.54, 1.807) is 0 Å². The summed E-state index contributed by atoms with van der Waals surface area (Å²) in [6.07, 6.45) is 0. The van der Waals surface area contributed by atoms with Crippen molar-refractivity contribution >= 4 is 5.69 Å². The van der Waals surface area contributed by atoms with Gasteiger partial charge < -0.3 is 11.5 Å². The van der Waals surface area contributed by atoms with E-state index in [0.717, 1.165) is 28.3 Å². The maximum Gasteiger partial charge on any atom is 0.0830 e. The Balaban J connectivity index is 2.46. The summed E-state index contributed by atoms with van der Waals surface area (Å²) in [5, 5.41) is 4.40. The molecule has 0 radical (unpaired) electrons. The lowest BCUT2D eigenvalue weighted by molar-refractivity contribution is 0.832. The summed E-state index contributed by atoms with van der Waals surface area (Å²) in [5.41, 5.74) is 16.1. The minimum Gasteiger partial charge on any atom is -0.396 e. The van der Waals surface area contributed by atoms with Crippen LogP contribution in [0.3, 0.4) is 0 Å². The molecule has 0 unspecified atom stereocenters. The third-order valence-corrected chi connectivity index (χ3v) is 2.76. The Morgan fingerprint density at radius 3 is 2.25 bits per heavy atom. The molecule has 0 atom stereocenters. The first-order chi connectivity index (χ1) is 7.63. The van der Waals surface area contributed by atoms with Crippen molar-refractivity contribution < 1.29 is 0 Å². The Labute approximate surface area is 94.9 Å². The van der Waals surface area contributed by atoms with Crippen LogP contribution in [0, 0.1) is 13.8 Å². The van der Waals surface area contributed by atoms with Crippen molar-refractivity contribution in [3.8, 4) is 5.69 Å². The Bertz CT molecular complexity index is 496. The Kier molecular flexibility index (Phi) is 2.66. The lowest BCUT2D eigenvalue weighted by Gasteiger charge is -2.05. The molecule has 0 saturated carbocycles. The quantitative estimate of drug-likeness (QED) is 0.799. The van der Waals surface area contributed by atoms with Gasteiger partial charge in [0.05, 0.1) is 22.8 Å². The van der Waals surface area contributed by atoms with E-state index >= 15 is 0 Å². The molecule has 0 aliphatic rings. The van der Waals surface area contributed by atoms with Crippen molar-refractivity contribution in [3.63, 3.8) is 0 Å². The van der Waals surface area contributed by atoms with E-state index < -0.39 is 0 Å². The van der Waals surface area contributed by atoms with Gasteiger partial charge in [0.25, 0.3) is 0 Å². The average Bonchev–Trinajstić information content (AvgIpc) is 2.57. The zero-order chi connectivity index (χ0) is 11.7. The molecule has 1 aromatic carbocycles. The van der Waals surface area contributed by atoms with Gasteiger partial charge in [-0.05, 0) is 31.5 Å². The lowest BCUT2D eigenvalue weighted by Crippen LogP contribution is -2.01. The van der Waals surface area contributed by atoms with Crippen molar-refractivity contribution in [2.24, 2.45) is 5.73 Å². The number of anilines is 1. The van der Waals surface area contributed by atoms with Crippen molar-refractivity contribution in [1.82, 2.24) is 9.78 Å². The number of nitrogen functional groups attached to an aromatic ring is 1. The smallest absolute Gasteiger partial charge is 0.0830 e. The lowest BCUT2D eigenvalue weighted by atomic mass is 10.2. The van der Waals surface area contributed by atoms with Gasteiger partial charge in [-0.15, -0.1) is 0 Å². The summed E-state index contributed by atoms with van der Waals surface area (Å²) in [6, 6.07) is 8.01. The van der Waals surface area contributed by atoms with Gasteiger partial charge in [-0.2, -0.15) is 5.10 Å². The van der Waals surface area contributed by atoms with Crippen molar-refractivity contribution in [2.75, 3.05) is 5.73 Å². The van der Waals surface area contributed by atoms with Gasteiger partial charge in [0.15, 0.2) is 0 Å². The monoisotopic (exact) mass is 216 g/mol. The fraction of sp³-hybridized carbons (Fsp3) is 0.250. The zero-order valence-corrected chi connectivity index (χ0v) is 9.57. The second-order valence-electron chi connectivity index (χ2n) is 3.87. The first-order valence-electron chi connectivity index (χ1n) is 5.24. The predicted molar refractivity (Wildman–Crippen MR) is 65.3 cm³/mol. The highest BCUT2D eigenvalue weighted by Gasteiger charge is 2.09. The molecule has 1 heterocycles. The fourth-order valence-corrected chi connectivity index (χ4v) is 1.68. The first-order valence-corrected chi connectivity index (χ1v) is 5.24. The molecule has 0 aliphatic heterocycles. The van der Waals surface area contributed by atoms with E-state index in [-0.39, 0.29) is 0 Å². The topological polar surface area (TPSA) is 69.9 Å². The van der Waals surface area contributed by atoms with Crippen molar-refractivity contribution in [2.45, 2.75) is 20.4 Å². The number of hydrogen-bond donors (Lipinski definition) is 2. The van der Waals surface area contributed by atoms with E-state index in [1.165, 1.54) is 0 Å². The van der Waals surface area contributed by atoms with E-state index in [4.69, 9.17) is 11.5 Å². The second-order valence-corrected chi connectivity index (χ2v) is 3.87. The fourth-order valence-electron chi connectivity index (χ4n) is 1.68. The molecule has 0 spiro atoms. The van der Waals surface area contributed by atoms with Gasteiger partial charge in [-0.1, -0.05) is 12.1 Å². The van der Waals surface area contributed by atoms with Crippen LogP contribution in [-0.2, 0) is 6.54 Å². The highest BCUT2D eigenvalue weighted by molar-refractivity contribution is 5.50. The Morgan fingerprint density at radius 1 is 1.19 bits per heavy atom. The summed E-state index contributed by atoms with van der Waals surface area (Å²) in [6.45, 7) is 4.43. The van der Waals surface area contributed by atoms with Crippen LogP contribution in [0.2, 0.25) is 0 Å². The molecule has 2 rings (SSSR count). The van der Waals surface area contributed by atoms with Crippen LogP contribution < -0.4 is 11.5 Å². The highest BCUT2D eigenvalue weighted by atomic mass is 15.3. The molecule has 0 amide bonds. The molecule has 0 fully saturated rings. The molecule has 0 aliphatic carbocycles. The van der Waals surface area contributed by atoms with Crippen LogP contribution in [0.25, 0.3) is 5.69 Å². The van der Waals surface area contributed by atoms with E-state index in [9.17, 15) is 0 Å². The van der Waals surface area contributed by atoms with E-state index in [0.29, 0.717) is 6.54 Å². The van der Waals surface area contributed by atoms with Gasteiger partial charge >= 0.3 is 0 Å². The summed E-state index contributed by atoms with van der Waals surface area (Å²) in [5.74, 6) is 0. The molecule has 2 aromatic rings. The Morgan fingerprint density at radius 2 is 1.81 bits per heavy atom. The van der Waals surface area contributed by atoms with Crippen molar-refractivity contribution in [1.29, 1.82) is 0 Å². The SMILES string of the molecule is Cc1nn(-c2ccc(CN)cc2)c(C)c1N. The van der Waals surface area contributed by atoms with Gasteiger partial charge in [0.2, 0.25) is 0 Å². The number of aromatic nitrogens is 2. The molecular formula is C12H16N4. The van der Waals surface area contributed by atoms with Gasteiger partial charge in [-0.25, -0.2) is 4.68 Å². The van der Waals surface area contributed by atoms with E-state index in [1.807, 2.05) is 42.8 Å². The average molecular weight is 216 g/mol. The number of nitrogens with two attached hydrogens (primary N) is 2. The van der Waals surface area contributed by atoms with Crippen LogP contribution in [0.1, 0.15) is 17.0 Å². The molecule has 16 heavy (non-hydrogen) atoms. The molecule has 1 aromatic heterocycles. The summed E-state index contributed by atoms with van der Waals surface area (Å²) in [4.78, 5) is 0. The molecule has 84 valence electrons. The number of nitrogens with zero attached hydrogens (tertiary/aromatic N) is 2. The number of aryl methyl sites for hydroxylation is 1. The molecule has 4 heteroatoms. The largest absolute Gasteiger partial charge is 0.396 e. The zero-order valence-electron chi connectivity index (χ0n) is 9.57. The molecule has 4 nitrogen and oxygen atoms in total. The van der Waals surface area contributed by atoms with Crippen LogP contribution >= 0.6 is 0 Å². The van der Waals surface area contributed by atoms with Gasteiger partial charge in [0, 0.05) is 6.54 Å². The van der Waals surface area contributed by atoms with Crippen LogP contribution in [0.4, 0.5) is 5.69 Å². The Hall–Kier alpha value is -1.81. The minimum absolute atomic E-state index is 0.555. The first kappa shape index (κ1) is 10.7. The van der Waals surface area contributed by atoms with Crippen LogP contribution in [0.5, 0.6) is 0 Å². The second kappa shape index (κ2) is 3.98. The summed E-state index contributed by atoms with van der Waals surface area (Å²) in [7, 11) is 0. The third kappa shape index (κ3) is 1.67. The van der Waals surface area contributed by atoms with Crippen LogP contribution in [-0.4, -0.2) is 9.78 Å². The predicted octanol–water partition coefficient (Wildman–Crippen LogP) is 1.53. The summed E-state index contributed by atoms with van der Waals surface area (Å²) >= 11 is 0. The molecule has 0 bridgehead atoms. The number of hydrogen-bond acceptors (Lipinski definition) is 3. The van der Waals surface area contributed by atoms with Crippen molar-refractivity contribution in [3.05, 3.63) is 41.2 Å². The maximum absolute atomic E-state index is 5.89. The number of benzene rings is 1. The summed E-state index contributed by atoms with van der Waals surface area (Å²) < 4.78 is 1.85. The molecule has 0 saturated heterocycles. The maximum atomic E-state index is 5.89. The standard InChI is InChI=1S/C12H16N4/c1-8-12(14)9(2)16(15-8)11-5-3-10(7-13)4-6-11/h3-6H,7,13-14H2,1-2H3. The minimum atomic E-state index is 0.555. The normalized spacial score (nSPS) is 10.7. The number of rotatable bonds is 2. The highest BCUT2D eigenvalue weighted by Crippen LogP contribution is 2.19. The third-order valence-electron chi connectivity index (χ3n) is 2.76. The molecular weight excluding hydrogens is 200 g/mol. The van der Waals surface area contributed by atoms with Gasteiger partial charge in [-0.3, -0.25) is 0 Å². The van der Waals surface area contributed by atoms with E-state index in [2.05, 4.69) is 5.10 Å². The van der Waals surface area contributed by atoms with Gasteiger partial charge in [0.1, 0.15) is 0 Å². The van der Waals surface area contributed by atoms with Crippen LogP contribution in [0.15, 0.2) is 24.3 Å². The molecule has 4 N–H and O–H groups in total.